The molecule has 9 aromatic rings. The van der Waals surface area contributed by atoms with Gasteiger partial charge in [-0.25, -0.2) is 0 Å². The molecule has 9 aromatic carbocycles. The van der Waals surface area contributed by atoms with Gasteiger partial charge in [-0.15, -0.1) is 0 Å². The Hall–Kier alpha value is -6.96. The van der Waals surface area contributed by atoms with Crippen molar-refractivity contribution in [2.45, 2.75) is 38.5 Å². The molecule has 0 atom stereocenters. The monoisotopic (exact) mass is 755 g/mol. The Labute approximate surface area is 347 Å². The smallest absolute Gasteiger partial charge is 0.0540 e. The largest absolute Gasteiger partial charge is 0.309 e. The Bertz CT molecular complexity index is 3120. The summed E-state index contributed by atoms with van der Waals surface area (Å²) < 4.78 is 0. The van der Waals surface area contributed by atoms with Crippen molar-refractivity contribution >= 4 is 27.8 Å². The number of anilines is 3. The van der Waals surface area contributed by atoms with E-state index in [1.54, 1.807) is 0 Å². The van der Waals surface area contributed by atoms with E-state index >= 15 is 0 Å². The lowest BCUT2D eigenvalue weighted by Gasteiger charge is -2.33. The number of rotatable bonds is 6. The second-order valence-electron chi connectivity index (χ2n) is 17.2. The summed E-state index contributed by atoms with van der Waals surface area (Å²) >= 11 is 0. The number of hydrogen-bond donors (Lipinski definition) is 0. The predicted molar refractivity (Wildman–Crippen MR) is 250 cm³/mol. The van der Waals surface area contributed by atoms with Crippen molar-refractivity contribution in [3.05, 3.63) is 222 Å². The molecule has 0 fully saturated rings. The average molecular weight is 756 g/mol. The summed E-state index contributed by atoms with van der Waals surface area (Å²) in [4.78, 5) is 2.55. The minimum atomic E-state index is -0.173. The van der Waals surface area contributed by atoms with Crippen LogP contribution < -0.4 is 4.90 Å². The van der Waals surface area contributed by atoms with Crippen molar-refractivity contribution < 1.29 is 0 Å². The zero-order valence-electron chi connectivity index (χ0n) is 34.0. The van der Waals surface area contributed by atoms with Crippen molar-refractivity contribution in [2.24, 2.45) is 0 Å². The zero-order chi connectivity index (χ0) is 39.9. The fourth-order valence-corrected chi connectivity index (χ4v) is 10.5. The van der Waals surface area contributed by atoms with E-state index in [1.807, 2.05) is 0 Å². The van der Waals surface area contributed by atoms with Crippen LogP contribution in [-0.4, -0.2) is 0 Å². The Kier molecular flexibility index (Phi) is 7.94. The molecule has 1 heteroatoms. The van der Waals surface area contributed by atoms with Crippen LogP contribution in [0.4, 0.5) is 17.1 Å². The van der Waals surface area contributed by atoms with Crippen molar-refractivity contribution in [1.82, 2.24) is 0 Å². The fraction of sp³-hybridized carbons (Fsp3) is 0.103. The van der Waals surface area contributed by atoms with Crippen LogP contribution >= 0.6 is 0 Å². The SMILES string of the molecule is CC1(C)c2ccccc2-c2ccc(-c3ccccc3N(c3ccccc3-c3cccc4c3C(C)(C)c3ccccc3-4)c3ccccc3-c3cccc4ccccc34)cc21. The fourth-order valence-electron chi connectivity index (χ4n) is 10.5. The maximum absolute atomic E-state index is 2.55. The van der Waals surface area contributed by atoms with Gasteiger partial charge in [0.25, 0.3) is 0 Å². The first kappa shape index (κ1) is 35.2. The zero-order valence-corrected chi connectivity index (χ0v) is 34.0. The van der Waals surface area contributed by atoms with E-state index in [9.17, 15) is 0 Å². The molecule has 0 saturated carbocycles. The normalized spacial score (nSPS) is 14.0. The van der Waals surface area contributed by atoms with Gasteiger partial charge in [0, 0.05) is 27.5 Å². The Balaban J connectivity index is 1.18. The lowest BCUT2D eigenvalue weighted by molar-refractivity contribution is 0.660. The van der Waals surface area contributed by atoms with E-state index in [1.165, 1.54) is 88.7 Å². The number of nitrogens with zero attached hydrogens (tertiary/aromatic N) is 1. The molecule has 0 unspecified atom stereocenters. The molecule has 0 aliphatic heterocycles. The first-order valence-corrected chi connectivity index (χ1v) is 20.9. The van der Waals surface area contributed by atoms with Gasteiger partial charge in [-0.3, -0.25) is 0 Å². The lowest BCUT2D eigenvalue weighted by Crippen LogP contribution is -2.17. The van der Waals surface area contributed by atoms with Gasteiger partial charge < -0.3 is 4.90 Å². The highest BCUT2D eigenvalue weighted by atomic mass is 15.1. The summed E-state index contributed by atoms with van der Waals surface area (Å²) in [5, 5.41) is 2.47. The predicted octanol–water partition coefficient (Wildman–Crippen LogP) is 15.9. The third-order valence-electron chi connectivity index (χ3n) is 13.3. The van der Waals surface area contributed by atoms with Crippen LogP contribution in [-0.2, 0) is 10.8 Å². The van der Waals surface area contributed by atoms with E-state index < -0.39 is 0 Å². The van der Waals surface area contributed by atoms with Crippen molar-refractivity contribution in [1.29, 1.82) is 0 Å². The van der Waals surface area contributed by atoms with Gasteiger partial charge in [0.2, 0.25) is 0 Å². The molecule has 0 spiro atoms. The average Bonchev–Trinajstić information content (AvgIpc) is 3.66. The molecule has 282 valence electrons. The van der Waals surface area contributed by atoms with Gasteiger partial charge in [-0.05, 0) is 96.2 Å². The molecule has 0 saturated heterocycles. The minimum absolute atomic E-state index is 0.109. The molecule has 0 N–H and O–H groups in total. The molecule has 1 nitrogen and oxygen atoms in total. The molecule has 11 rings (SSSR count). The summed E-state index contributed by atoms with van der Waals surface area (Å²) in [7, 11) is 0. The summed E-state index contributed by atoms with van der Waals surface area (Å²) in [5.74, 6) is 0. The van der Waals surface area contributed by atoms with E-state index in [0.29, 0.717) is 0 Å². The van der Waals surface area contributed by atoms with Crippen molar-refractivity contribution in [3.63, 3.8) is 0 Å². The first-order valence-electron chi connectivity index (χ1n) is 20.9. The molecule has 0 aromatic heterocycles. The van der Waals surface area contributed by atoms with Crippen LogP contribution in [0.1, 0.15) is 49.9 Å². The van der Waals surface area contributed by atoms with E-state index in [2.05, 4.69) is 233 Å². The van der Waals surface area contributed by atoms with Crippen LogP contribution in [0, 0.1) is 0 Å². The van der Waals surface area contributed by atoms with Gasteiger partial charge in [-0.2, -0.15) is 0 Å². The minimum Gasteiger partial charge on any atom is -0.309 e. The second-order valence-corrected chi connectivity index (χ2v) is 17.2. The Morgan fingerprint density at radius 1 is 0.305 bits per heavy atom. The van der Waals surface area contributed by atoms with Crippen LogP contribution in [0.5, 0.6) is 0 Å². The number of benzene rings is 9. The first-order chi connectivity index (χ1) is 28.8. The molecular formula is C58H45N. The number of hydrogen-bond acceptors (Lipinski definition) is 1. The quantitative estimate of drug-likeness (QED) is 0.163. The maximum atomic E-state index is 2.55. The molecule has 0 heterocycles. The highest BCUT2D eigenvalue weighted by molar-refractivity contribution is 6.04. The van der Waals surface area contributed by atoms with E-state index in [-0.39, 0.29) is 10.8 Å². The second kappa shape index (κ2) is 13.3. The summed E-state index contributed by atoms with van der Waals surface area (Å²) in [6, 6.07) is 74.4. The molecule has 0 bridgehead atoms. The van der Waals surface area contributed by atoms with Gasteiger partial charge >= 0.3 is 0 Å². The summed E-state index contributed by atoms with van der Waals surface area (Å²) in [5.41, 5.74) is 21.2. The van der Waals surface area contributed by atoms with Gasteiger partial charge in [0.15, 0.2) is 0 Å². The highest BCUT2D eigenvalue weighted by Gasteiger charge is 2.39. The molecule has 59 heavy (non-hydrogen) atoms. The highest BCUT2D eigenvalue weighted by Crippen LogP contribution is 2.56. The summed E-state index contributed by atoms with van der Waals surface area (Å²) in [6.45, 7) is 9.52. The molecule has 0 amide bonds. The van der Waals surface area contributed by atoms with Crippen LogP contribution in [0.3, 0.4) is 0 Å². The molecule has 0 radical (unpaired) electrons. The van der Waals surface area contributed by atoms with Gasteiger partial charge in [0.1, 0.15) is 0 Å². The van der Waals surface area contributed by atoms with Crippen LogP contribution in [0.15, 0.2) is 200 Å². The van der Waals surface area contributed by atoms with Crippen molar-refractivity contribution in [2.75, 3.05) is 4.90 Å². The topological polar surface area (TPSA) is 3.24 Å². The lowest BCUT2D eigenvalue weighted by atomic mass is 9.78. The van der Waals surface area contributed by atoms with E-state index in [4.69, 9.17) is 0 Å². The molecule has 2 aliphatic carbocycles. The maximum Gasteiger partial charge on any atom is 0.0540 e. The van der Waals surface area contributed by atoms with Gasteiger partial charge in [-0.1, -0.05) is 204 Å². The van der Waals surface area contributed by atoms with Crippen molar-refractivity contribution in [3.8, 4) is 55.6 Å². The van der Waals surface area contributed by atoms with Crippen LogP contribution in [0.25, 0.3) is 66.4 Å². The molecule has 2 aliphatic rings. The Morgan fingerprint density at radius 2 is 0.729 bits per heavy atom. The third-order valence-corrected chi connectivity index (χ3v) is 13.3. The number of para-hydroxylation sites is 3. The third kappa shape index (κ3) is 5.31. The standard InChI is InChI=1S/C58H45N/c1-57(2)50-30-12-7-23-43(50)45-36-35-39(37-52(45)57)41-22-9-14-32-53(41)59(54-33-15-10-25-46(54)42-27-17-20-38-19-5-6-21-40(38)42)55-34-16-11-26-47(55)49-29-18-28-48-44-24-8-13-31-51(44)58(3,4)56(48)49/h5-37H,1-4H3. The molecular weight excluding hydrogens is 711 g/mol. The van der Waals surface area contributed by atoms with E-state index in [0.717, 1.165) is 17.1 Å². The summed E-state index contributed by atoms with van der Waals surface area (Å²) in [6.07, 6.45) is 0. The number of fused-ring (bicyclic) bond motifs is 7. The van der Waals surface area contributed by atoms with Crippen LogP contribution in [0.2, 0.25) is 0 Å². The Morgan fingerprint density at radius 3 is 1.42 bits per heavy atom. The van der Waals surface area contributed by atoms with Gasteiger partial charge in [0.05, 0.1) is 17.1 Å².